The second-order valence-corrected chi connectivity index (χ2v) is 5.33. The van der Waals surface area contributed by atoms with E-state index in [9.17, 15) is 0 Å². The third kappa shape index (κ3) is 3.06. The molecule has 5 heteroatoms. The lowest BCUT2D eigenvalue weighted by molar-refractivity contribution is 0.0995. The summed E-state index contributed by atoms with van der Waals surface area (Å²) in [5.74, 6) is 7.33. The van der Waals surface area contributed by atoms with Crippen molar-refractivity contribution in [2.45, 2.75) is 37.8 Å². The molecule has 3 N–H and O–H groups in total. The molecule has 0 saturated carbocycles. The van der Waals surface area contributed by atoms with Crippen LogP contribution in [-0.2, 0) is 4.74 Å². The van der Waals surface area contributed by atoms with E-state index in [1.165, 1.54) is 12.8 Å². The highest BCUT2D eigenvalue weighted by atomic mass is 16.6. The summed E-state index contributed by atoms with van der Waals surface area (Å²) < 4.78 is 16.8. The van der Waals surface area contributed by atoms with Crippen LogP contribution >= 0.6 is 0 Å². The van der Waals surface area contributed by atoms with Crippen LogP contribution in [-0.4, -0.2) is 25.9 Å². The molecule has 0 aromatic heterocycles. The first kappa shape index (κ1) is 13.7. The molecule has 2 unspecified atom stereocenters. The molecule has 1 fully saturated rings. The highest BCUT2D eigenvalue weighted by Crippen LogP contribution is 2.34. The van der Waals surface area contributed by atoms with Crippen LogP contribution in [0.3, 0.4) is 0 Å². The minimum atomic E-state index is 0.120. The molecule has 1 aromatic rings. The maximum absolute atomic E-state index is 5.70. The second kappa shape index (κ2) is 6.43. The Morgan fingerprint density at radius 1 is 1.20 bits per heavy atom. The first-order valence-electron chi connectivity index (χ1n) is 7.34. The summed E-state index contributed by atoms with van der Waals surface area (Å²) in [6, 6.07) is 6.15. The lowest BCUT2D eigenvalue weighted by Gasteiger charge is -2.22. The van der Waals surface area contributed by atoms with Crippen LogP contribution in [0.2, 0.25) is 0 Å². The molecule has 0 amide bonds. The Hall–Kier alpha value is -1.30. The molecule has 110 valence electrons. The second-order valence-electron chi connectivity index (χ2n) is 5.33. The van der Waals surface area contributed by atoms with Crippen molar-refractivity contribution >= 4 is 0 Å². The summed E-state index contributed by atoms with van der Waals surface area (Å²) in [5.41, 5.74) is 4.03. The number of hydrazine groups is 1. The third-order valence-electron chi connectivity index (χ3n) is 3.97. The summed E-state index contributed by atoms with van der Waals surface area (Å²) in [6.45, 7) is 2.12. The number of hydrogen-bond acceptors (Lipinski definition) is 5. The van der Waals surface area contributed by atoms with E-state index in [0.717, 1.165) is 36.5 Å². The van der Waals surface area contributed by atoms with Gasteiger partial charge < -0.3 is 14.2 Å². The van der Waals surface area contributed by atoms with Crippen LogP contribution in [0.1, 0.15) is 37.3 Å². The summed E-state index contributed by atoms with van der Waals surface area (Å²) in [7, 11) is 0. The SMILES string of the molecule is NNC(CCC1CCCO1)c1ccc2c(c1)OCCO2. The zero-order valence-electron chi connectivity index (χ0n) is 11.6. The normalized spacial score (nSPS) is 22.8. The number of fused-ring (bicyclic) bond motifs is 1. The zero-order valence-corrected chi connectivity index (χ0v) is 11.6. The van der Waals surface area contributed by atoms with Gasteiger partial charge in [0.05, 0.1) is 6.10 Å². The highest BCUT2D eigenvalue weighted by molar-refractivity contribution is 5.44. The topological polar surface area (TPSA) is 65.7 Å². The summed E-state index contributed by atoms with van der Waals surface area (Å²) in [4.78, 5) is 0. The minimum Gasteiger partial charge on any atom is -0.486 e. The average Bonchev–Trinajstić information content (AvgIpc) is 3.01. The minimum absolute atomic E-state index is 0.120. The van der Waals surface area contributed by atoms with E-state index in [0.29, 0.717) is 19.3 Å². The van der Waals surface area contributed by atoms with Gasteiger partial charge in [-0.1, -0.05) is 6.07 Å². The van der Waals surface area contributed by atoms with Crippen LogP contribution in [0.5, 0.6) is 11.5 Å². The molecular formula is C15H22N2O3. The van der Waals surface area contributed by atoms with Gasteiger partial charge in [-0.05, 0) is 43.4 Å². The van der Waals surface area contributed by atoms with Crippen molar-refractivity contribution in [3.05, 3.63) is 23.8 Å². The summed E-state index contributed by atoms with van der Waals surface area (Å²) in [6.07, 6.45) is 4.72. The molecule has 2 atom stereocenters. The average molecular weight is 278 g/mol. The van der Waals surface area contributed by atoms with E-state index in [1.807, 2.05) is 18.2 Å². The molecule has 5 nitrogen and oxygen atoms in total. The Labute approximate surface area is 119 Å². The van der Waals surface area contributed by atoms with Crippen LogP contribution in [0.25, 0.3) is 0 Å². The summed E-state index contributed by atoms with van der Waals surface area (Å²) in [5, 5.41) is 0. The van der Waals surface area contributed by atoms with Crippen molar-refractivity contribution in [1.29, 1.82) is 0 Å². The van der Waals surface area contributed by atoms with Crippen molar-refractivity contribution in [1.82, 2.24) is 5.43 Å². The molecule has 2 heterocycles. The molecule has 20 heavy (non-hydrogen) atoms. The standard InChI is InChI=1S/C15H22N2O3/c16-17-13(5-4-12-2-1-7-18-12)11-3-6-14-15(10-11)20-9-8-19-14/h3,6,10,12-13,17H,1-2,4-5,7-9,16H2. The van der Waals surface area contributed by atoms with Gasteiger partial charge in [-0.3, -0.25) is 11.3 Å². The Morgan fingerprint density at radius 3 is 2.80 bits per heavy atom. The van der Waals surface area contributed by atoms with Crippen LogP contribution < -0.4 is 20.7 Å². The molecule has 1 saturated heterocycles. The van der Waals surface area contributed by atoms with Gasteiger partial charge in [0, 0.05) is 12.6 Å². The largest absolute Gasteiger partial charge is 0.486 e. The molecule has 0 aliphatic carbocycles. The number of hydrogen-bond donors (Lipinski definition) is 2. The molecule has 2 aliphatic rings. The van der Waals surface area contributed by atoms with E-state index < -0.39 is 0 Å². The van der Waals surface area contributed by atoms with Gasteiger partial charge in [-0.15, -0.1) is 0 Å². The van der Waals surface area contributed by atoms with E-state index in [4.69, 9.17) is 20.1 Å². The maximum atomic E-state index is 5.70. The molecule has 0 bridgehead atoms. The Kier molecular flexibility index (Phi) is 4.40. The molecule has 2 aliphatic heterocycles. The molecular weight excluding hydrogens is 256 g/mol. The van der Waals surface area contributed by atoms with Crippen molar-refractivity contribution in [3.8, 4) is 11.5 Å². The van der Waals surface area contributed by atoms with Gasteiger partial charge in [0.2, 0.25) is 0 Å². The Bertz CT molecular complexity index is 447. The van der Waals surface area contributed by atoms with Crippen molar-refractivity contribution in [2.75, 3.05) is 19.8 Å². The van der Waals surface area contributed by atoms with Crippen LogP contribution in [0.4, 0.5) is 0 Å². The van der Waals surface area contributed by atoms with Gasteiger partial charge in [0.15, 0.2) is 11.5 Å². The zero-order chi connectivity index (χ0) is 13.8. The Morgan fingerprint density at radius 2 is 2.05 bits per heavy atom. The first-order chi connectivity index (χ1) is 9.86. The number of nitrogens with two attached hydrogens (primary N) is 1. The number of nitrogens with one attached hydrogen (secondary N) is 1. The van der Waals surface area contributed by atoms with Crippen molar-refractivity contribution in [3.63, 3.8) is 0 Å². The van der Waals surface area contributed by atoms with Gasteiger partial charge in [-0.2, -0.15) is 0 Å². The maximum Gasteiger partial charge on any atom is 0.161 e. The fourth-order valence-electron chi connectivity index (χ4n) is 2.85. The lowest BCUT2D eigenvalue weighted by Crippen LogP contribution is -2.29. The predicted octanol–water partition coefficient (Wildman–Crippen LogP) is 1.92. The number of rotatable bonds is 5. The monoisotopic (exact) mass is 278 g/mol. The fourth-order valence-corrected chi connectivity index (χ4v) is 2.85. The van der Waals surface area contributed by atoms with E-state index in [1.54, 1.807) is 0 Å². The highest BCUT2D eigenvalue weighted by Gasteiger charge is 2.20. The first-order valence-corrected chi connectivity index (χ1v) is 7.34. The predicted molar refractivity (Wildman–Crippen MR) is 75.7 cm³/mol. The number of benzene rings is 1. The van der Waals surface area contributed by atoms with Crippen LogP contribution in [0.15, 0.2) is 18.2 Å². The third-order valence-corrected chi connectivity index (χ3v) is 3.97. The van der Waals surface area contributed by atoms with Crippen molar-refractivity contribution in [2.24, 2.45) is 5.84 Å². The number of ether oxygens (including phenoxy) is 3. The van der Waals surface area contributed by atoms with E-state index >= 15 is 0 Å². The molecule has 3 rings (SSSR count). The van der Waals surface area contributed by atoms with Crippen LogP contribution in [0, 0.1) is 0 Å². The smallest absolute Gasteiger partial charge is 0.161 e. The molecule has 0 radical (unpaired) electrons. The lowest BCUT2D eigenvalue weighted by atomic mass is 9.99. The van der Waals surface area contributed by atoms with Gasteiger partial charge in [0.25, 0.3) is 0 Å². The van der Waals surface area contributed by atoms with Gasteiger partial charge >= 0.3 is 0 Å². The van der Waals surface area contributed by atoms with Gasteiger partial charge in [-0.25, -0.2) is 0 Å². The van der Waals surface area contributed by atoms with E-state index in [-0.39, 0.29) is 6.04 Å². The van der Waals surface area contributed by atoms with Crippen molar-refractivity contribution < 1.29 is 14.2 Å². The molecule has 1 aromatic carbocycles. The quantitative estimate of drug-likeness (QED) is 0.636. The van der Waals surface area contributed by atoms with E-state index in [2.05, 4.69) is 5.43 Å². The van der Waals surface area contributed by atoms with Gasteiger partial charge in [0.1, 0.15) is 13.2 Å². The Balaban J connectivity index is 1.65. The molecule has 0 spiro atoms. The fraction of sp³-hybridized carbons (Fsp3) is 0.600. The summed E-state index contributed by atoms with van der Waals surface area (Å²) >= 11 is 0.